The molecule has 138 valence electrons. The van der Waals surface area contributed by atoms with Gasteiger partial charge in [-0.25, -0.2) is 4.79 Å². The predicted octanol–water partition coefficient (Wildman–Crippen LogP) is 3.68. The summed E-state index contributed by atoms with van der Waals surface area (Å²) in [5, 5.41) is 3.14. The van der Waals surface area contributed by atoms with Gasteiger partial charge in [-0.15, -0.1) is 11.8 Å². The molecule has 1 aliphatic heterocycles. The molecule has 3 atom stereocenters. The Balaban J connectivity index is 1.85. The van der Waals surface area contributed by atoms with Gasteiger partial charge in [0.15, 0.2) is 6.04 Å². The molecule has 1 fully saturated rings. The minimum absolute atomic E-state index is 0.120. The molecule has 3 rings (SSSR count). The SMILES string of the molecule is CSC1C(N=[N+]=[N-])C(=O)N1C(C(=O)OCc1ccccc1)c1ccccc1. The second-order valence-electron chi connectivity index (χ2n) is 5.93. The van der Waals surface area contributed by atoms with Crippen molar-refractivity contribution in [2.24, 2.45) is 5.11 Å². The molecule has 7 nitrogen and oxygen atoms in total. The summed E-state index contributed by atoms with van der Waals surface area (Å²) < 4.78 is 5.49. The van der Waals surface area contributed by atoms with Crippen LogP contribution in [-0.2, 0) is 20.9 Å². The smallest absolute Gasteiger partial charge is 0.333 e. The zero-order valence-corrected chi connectivity index (χ0v) is 15.5. The van der Waals surface area contributed by atoms with Crippen LogP contribution in [0.25, 0.3) is 10.4 Å². The van der Waals surface area contributed by atoms with Crippen LogP contribution in [0.15, 0.2) is 65.8 Å². The summed E-state index contributed by atoms with van der Waals surface area (Å²) in [5.74, 6) is -0.894. The number of carbonyl (C=O) groups is 2. The van der Waals surface area contributed by atoms with E-state index in [0.717, 1.165) is 5.56 Å². The third-order valence-corrected chi connectivity index (χ3v) is 5.28. The van der Waals surface area contributed by atoms with Crippen LogP contribution in [0.3, 0.4) is 0 Å². The summed E-state index contributed by atoms with van der Waals surface area (Å²) in [6.07, 6.45) is 1.81. The summed E-state index contributed by atoms with van der Waals surface area (Å²) in [4.78, 5) is 29.6. The van der Waals surface area contributed by atoms with Gasteiger partial charge in [-0.2, -0.15) is 0 Å². The zero-order chi connectivity index (χ0) is 19.2. The van der Waals surface area contributed by atoms with Crippen LogP contribution in [0.2, 0.25) is 0 Å². The molecule has 0 aliphatic carbocycles. The van der Waals surface area contributed by atoms with Crippen LogP contribution in [-0.4, -0.2) is 34.4 Å². The minimum Gasteiger partial charge on any atom is -0.459 e. The predicted molar refractivity (Wildman–Crippen MR) is 103 cm³/mol. The first kappa shape index (κ1) is 18.8. The van der Waals surface area contributed by atoms with E-state index in [1.807, 2.05) is 36.4 Å². The van der Waals surface area contributed by atoms with Crippen molar-refractivity contribution in [2.45, 2.75) is 24.1 Å². The number of rotatable bonds is 7. The number of azide groups is 1. The van der Waals surface area contributed by atoms with Crippen molar-refractivity contribution < 1.29 is 14.3 Å². The molecule has 0 radical (unpaired) electrons. The third-order valence-electron chi connectivity index (χ3n) is 4.31. The van der Waals surface area contributed by atoms with Crippen molar-refractivity contribution in [1.82, 2.24) is 4.90 Å². The molecule has 2 aromatic rings. The molecule has 8 heteroatoms. The van der Waals surface area contributed by atoms with Crippen molar-refractivity contribution in [2.75, 3.05) is 6.26 Å². The summed E-state index contributed by atoms with van der Waals surface area (Å²) in [5.41, 5.74) is 10.2. The summed E-state index contributed by atoms with van der Waals surface area (Å²) in [6.45, 7) is 0.120. The van der Waals surface area contributed by atoms with Crippen molar-refractivity contribution in [3.8, 4) is 0 Å². The maximum absolute atomic E-state index is 12.9. The highest BCUT2D eigenvalue weighted by atomic mass is 32.2. The summed E-state index contributed by atoms with van der Waals surface area (Å²) >= 11 is 1.36. The van der Waals surface area contributed by atoms with Gasteiger partial charge < -0.3 is 9.64 Å². The highest BCUT2D eigenvalue weighted by molar-refractivity contribution is 7.99. The lowest BCUT2D eigenvalue weighted by molar-refractivity contribution is -0.164. The van der Waals surface area contributed by atoms with Gasteiger partial charge in [-0.05, 0) is 22.9 Å². The first-order chi connectivity index (χ1) is 13.2. The highest BCUT2D eigenvalue weighted by Crippen LogP contribution is 2.39. The highest BCUT2D eigenvalue weighted by Gasteiger charge is 2.52. The number of esters is 1. The quantitative estimate of drug-likeness (QED) is 0.240. The molecule has 3 unspecified atom stereocenters. The van der Waals surface area contributed by atoms with E-state index in [9.17, 15) is 9.59 Å². The Bertz CT molecular complexity index is 856. The van der Waals surface area contributed by atoms with Crippen molar-refractivity contribution >= 4 is 23.6 Å². The molecule has 0 aromatic heterocycles. The molecule has 1 saturated heterocycles. The van der Waals surface area contributed by atoms with E-state index in [0.29, 0.717) is 5.56 Å². The van der Waals surface area contributed by atoms with Crippen LogP contribution in [0, 0.1) is 0 Å². The monoisotopic (exact) mass is 382 g/mol. The number of thioether (sulfide) groups is 1. The average molecular weight is 382 g/mol. The largest absolute Gasteiger partial charge is 0.459 e. The van der Waals surface area contributed by atoms with E-state index < -0.39 is 23.4 Å². The van der Waals surface area contributed by atoms with Crippen LogP contribution >= 0.6 is 11.8 Å². The lowest BCUT2D eigenvalue weighted by Gasteiger charge is -2.47. The number of likely N-dealkylation sites (tertiary alicyclic amines) is 1. The fourth-order valence-corrected chi connectivity index (χ4v) is 3.88. The lowest BCUT2D eigenvalue weighted by Crippen LogP contribution is -2.64. The average Bonchev–Trinajstić information content (AvgIpc) is 2.72. The maximum atomic E-state index is 12.9. The fraction of sp³-hybridized carbons (Fsp3) is 0.263. The number of nitrogens with zero attached hydrogens (tertiary/aromatic N) is 4. The number of carbonyl (C=O) groups excluding carboxylic acids is 2. The molecule has 0 saturated carbocycles. The van der Waals surface area contributed by atoms with Crippen LogP contribution < -0.4 is 0 Å². The number of hydrogen-bond acceptors (Lipinski definition) is 5. The number of hydrogen-bond donors (Lipinski definition) is 0. The van der Waals surface area contributed by atoms with E-state index in [4.69, 9.17) is 10.3 Å². The molecule has 1 amide bonds. The van der Waals surface area contributed by atoms with E-state index in [2.05, 4.69) is 10.0 Å². The van der Waals surface area contributed by atoms with E-state index in [-0.39, 0.29) is 12.5 Å². The normalized spacial score (nSPS) is 19.6. The summed E-state index contributed by atoms with van der Waals surface area (Å²) in [6, 6.07) is 16.6. The Morgan fingerprint density at radius 1 is 1.22 bits per heavy atom. The first-order valence-electron chi connectivity index (χ1n) is 8.32. The summed E-state index contributed by atoms with van der Waals surface area (Å²) in [7, 11) is 0. The fourth-order valence-electron chi connectivity index (χ4n) is 3.00. The number of amides is 1. The van der Waals surface area contributed by atoms with E-state index in [1.165, 1.54) is 16.7 Å². The van der Waals surface area contributed by atoms with E-state index >= 15 is 0 Å². The second kappa shape index (κ2) is 8.62. The number of ether oxygens (including phenoxy) is 1. The first-order valence-corrected chi connectivity index (χ1v) is 9.61. The minimum atomic E-state index is -0.884. The van der Waals surface area contributed by atoms with Gasteiger partial charge in [-0.1, -0.05) is 65.8 Å². The van der Waals surface area contributed by atoms with Gasteiger partial charge in [-0.3, -0.25) is 4.79 Å². The van der Waals surface area contributed by atoms with E-state index in [1.54, 1.807) is 30.5 Å². The molecule has 27 heavy (non-hydrogen) atoms. The Labute approximate surface area is 160 Å². The molecular weight excluding hydrogens is 364 g/mol. The number of benzene rings is 2. The standard InChI is InChI=1S/C19H18N4O3S/c1-27-18-15(21-22-20)17(24)23(18)16(14-10-6-3-7-11-14)19(25)26-12-13-8-4-2-5-9-13/h2-11,15-16,18H,12H2,1H3. The molecule has 1 aliphatic rings. The van der Waals surface area contributed by atoms with Gasteiger partial charge in [0.2, 0.25) is 5.91 Å². The Morgan fingerprint density at radius 2 is 1.85 bits per heavy atom. The van der Waals surface area contributed by atoms with Gasteiger partial charge in [0.05, 0.1) is 5.37 Å². The van der Waals surface area contributed by atoms with Crippen LogP contribution in [0.1, 0.15) is 17.2 Å². The topological polar surface area (TPSA) is 95.4 Å². The second-order valence-corrected chi connectivity index (χ2v) is 6.88. The molecule has 0 spiro atoms. The van der Waals surface area contributed by atoms with Gasteiger partial charge in [0.1, 0.15) is 12.6 Å². The van der Waals surface area contributed by atoms with Gasteiger partial charge >= 0.3 is 5.97 Å². The molecule has 2 aromatic carbocycles. The number of β-lactam (4-membered cyclic amide) rings is 1. The Morgan fingerprint density at radius 3 is 2.44 bits per heavy atom. The molecule has 0 N–H and O–H groups in total. The van der Waals surface area contributed by atoms with Gasteiger partial charge in [0.25, 0.3) is 0 Å². The third kappa shape index (κ3) is 3.92. The molecule has 1 heterocycles. The molecular formula is C19H18N4O3S. The Kier molecular flexibility index (Phi) is 6.01. The maximum Gasteiger partial charge on any atom is 0.333 e. The zero-order valence-electron chi connectivity index (χ0n) is 14.6. The van der Waals surface area contributed by atoms with Crippen molar-refractivity contribution in [1.29, 1.82) is 0 Å². The van der Waals surface area contributed by atoms with Gasteiger partial charge in [0, 0.05) is 4.91 Å². The van der Waals surface area contributed by atoms with Crippen molar-refractivity contribution in [3.63, 3.8) is 0 Å². The Hall–Kier alpha value is -2.96. The van der Waals surface area contributed by atoms with Crippen LogP contribution in [0.5, 0.6) is 0 Å². The molecule has 0 bridgehead atoms. The lowest BCUT2D eigenvalue weighted by atomic mass is 9.98. The van der Waals surface area contributed by atoms with Crippen molar-refractivity contribution in [3.05, 3.63) is 82.2 Å². The van der Waals surface area contributed by atoms with Crippen LogP contribution in [0.4, 0.5) is 0 Å².